The summed E-state index contributed by atoms with van der Waals surface area (Å²) in [5, 5.41) is 10.5. The van der Waals surface area contributed by atoms with Gasteiger partial charge >= 0.3 is 0 Å². The van der Waals surface area contributed by atoms with Crippen LogP contribution < -0.4 is 0 Å². The maximum absolute atomic E-state index is 9.84. The van der Waals surface area contributed by atoms with Crippen molar-refractivity contribution in [3.8, 4) is 5.75 Å². The quantitative estimate of drug-likeness (QED) is 0.877. The summed E-state index contributed by atoms with van der Waals surface area (Å²) >= 11 is 5.96. The number of hydrogen-bond acceptors (Lipinski definition) is 3. The SMILES string of the molecule is CC(c1cc(Cl)ccc1O)N(C)CCN(C)C. The van der Waals surface area contributed by atoms with Crippen molar-refractivity contribution in [2.75, 3.05) is 34.2 Å². The van der Waals surface area contributed by atoms with Gasteiger partial charge in [-0.1, -0.05) is 11.6 Å². The van der Waals surface area contributed by atoms with E-state index in [1.165, 1.54) is 0 Å². The highest BCUT2D eigenvalue weighted by Gasteiger charge is 2.15. The van der Waals surface area contributed by atoms with Crippen LogP contribution in [0.4, 0.5) is 0 Å². The van der Waals surface area contributed by atoms with Gasteiger partial charge in [0.05, 0.1) is 0 Å². The fourth-order valence-electron chi connectivity index (χ4n) is 1.65. The van der Waals surface area contributed by atoms with Crippen molar-refractivity contribution >= 4 is 11.6 Å². The van der Waals surface area contributed by atoms with E-state index >= 15 is 0 Å². The Kier molecular flexibility index (Phi) is 5.25. The molecule has 1 aromatic rings. The third kappa shape index (κ3) is 4.19. The van der Waals surface area contributed by atoms with Gasteiger partial charge in [0.1, 0.15) is 5.75 Å². The lowest BCUT2D eigenvalue weighted by Crippen LogP contribution is -2.30. The molecule has 0 spiro atoms. The maximum Gasteiger partial charge on any atom is 0.120 e. The van der Waals surface area contributed by atoms with Gasteiger partial charge in [0, 0.05) is 29.7 Å². The van der Waals surface area contributed by atoms with Gasteiger partial charge in [0.25, 0.3) is 0 Å². The molecule has 1 atom stereocenters. The Bertz CT molecular complexity index is 368. The summed E-state index contributed by atoms with van der Waals surface area (Å²) in [5.41, 5.74) is 0.874. The van der Waals surface area contributed by atoms with Gasteiger partial charge in [-0.15, -0.1) is 0 Å². The molecule has 0 aliphatic rings. The van der Waals surface area contributed by atoms with E-state index in [4.69, 9.17) is 11.6 Å². The van der Waals surface area contributed by atoms with E-state index in [1.807, 2.05) is 6.07 Å². The summed E-state index contributed by atoms with van der Waals surface area (Å²) < 4.78 is 0. The highest BCUT2D eigenvalue weighted by molar-refractivity contribution is 6.30. The summed E-state index contributed by atoms with van der Waals surface area (Å²) in [5.74, 6) is 0.304. The third-order valence-corrected chi connectivity index (χ3v) is 3.24. The molecule has 0 radical (unpaired) electrons. The molecule has 96 valence electrons. The zero-order valence-electron chi connectivity index (χ0n) is 10.9. The number of benzene rings is 1. The number of hydrogen-bond donors (Lipinski definition) is 1. The van der Waals surface area contributed by atoms with Crippen molar-refractivity contribution < 1.29 is 5.11 Å². The molecule has 4 heteroatoms. The molecule has 0 saturated heterocycles. The fraction of sp³-hybridized carbons (Fsp3) is 0.538. The fourth-order valence-corrected chi connectivity index (χ4v) is 1.83. The summed E-state index contributed by atoms with van der Waals surface area (Å²) in [4.78, 5) is 4.34. The van der Waals surface area contributed by atoms with Crippen LogP contribution in [-0.2, 0) is 0 Å². The summed E-state index contributed by atoms with van der Waals surface area (Å²) in [6, 6.07) is 5.32. The molecular weight excluding hydrogens is 236 g/mol. The van der Waals surface area contributed by atoms with E-state index < -0.39 is 0 Å². The molecule has 0 aliphatic carbocycles. The van der Waals surface area contributed by atoms with E-state index in [0.717, 1.165) is 18.7 Å². The minimum atomic E-state index is 0.147. The molecule has 0 bridgehead atoms. The zero-order valence-corrected chi connectivity index (χ0v) is 11.7. The van der Waals surface area contributed by atoms with Gasteiger partial charge < -0.3 is 10.0 Å². The molecule has 17 heavy (non-hydrogen) atoms. The first-order chi connectivity index (χ1) is 7.91. The average molecular weight is 257 g/mol. The second kappa shape index (κ2) is 6.24. The van der Waals surface area contributed by atoms with Crippen molar-refractivity contribution in [2.45, 2.75) is 13.0 Å². The molecule has 3 nitrogen and oxygen atoms in total. The van der Waals surface area contributed by atoms with Crippen LogP contribution in [0.1, 0.15) is 18.5 Å². The first-order valence-corrected chi connectivity index (χ1v) is 6.13. The summed E-state index contributed by atoms with van der Waals surface area (Å²) in [6.07, 6.45) is 0. The van der Waals surface area contributed by atoms with Crippen molar-refractivity contribution in [1.29, 1.82) is 0 Å². The molecule has 1 unspecified atom stereocenters. The van der Waals surface area contributed by atoms with Crippen LogP contribution in [0.15, 0.2) is 18.2 Å². The zero-order chi connectivity index (χ0) is 13.0. The van der Waals surface area contributed by atoms with Crippen LogP contribution in [0.2, 0.25) is 5.02 Å². The normalized spacial score (nSPS) is 13.4. The molecule has 0 aromatic heterocycles. The van der Waals surface area contributed by atoms with E-state index in [0.29, 0.717) is 10.8 Å². The number of nitrogens with zero attached hydrogens (tertiary/aromatic N) is 2. The van der Waals surface area contributed by atoms with Crippen molar-refractivity contribution in [3.63, 3.8) is 0 Å². The van der Waals surface area contributed by atoms with Crippen molar-refractivity contribution in [3.05, 3.63) is 28.8 Å². The Labute approximate surface area is 109 Å². The highest BCUT2D eigenvalue weighted by atomic mass is 35.5. The van der Waals surface area contributed by atoms with Gasteiger partial charge in [0.15, 0.2) is 0 Å². The second-order valence-corrected chi connectivity index (χ2v) is 5.10. The molecule has 0 fully saturated rings. The maximum atomic E-state index is 9.84. The molecule has 1 N–H and O–H groups in total. The number of phenols is 1. The monoisotopic (exact) mass is 256 g/mol. The smallest absolute Gasteiger partial charge is 0.120 e. The van der Waals surface area contributed by atoms with E-state index in [1.54, 1.807) is 12.1 Å². The van der Waals surface area contributed by atoms with Crippen LogP contribution in [0.25, 0.3) is 0 Å². The van der Waals surface area contributed by atoms with Crippen molar-refractivity contribution in [2.24, 2.45) is 0 Å². The van der Waals surface area contributed by atoms with Crippen LogP contribution in [0.5, 0.6) is 5.75 Å². The Hall–Kier alpha value is -0.770. The van der Waals surface area contributed by atoms with Gasteiger partial charge in [-0.25, -0.2) is 0 Å². The lowest BCUT2D eigenvalue weighted by molar-refractivity contribution is 0.228. The van der Waals surface area contributed by atoms with Crippen LogP contribution >= 0.6 is 11.6 Å². The predicted molar refractivity (Wildman–Crippen MR) is 72.7 cm³/mol. The first kappa shape index (κ1) is 14.3. The minimum Gasteiger partial charge on any atom is -0.508 e. The number of halogens is 1. The predicted octanol–water partition coefficient (Wildman–Crippen LogP) is 2.60. The standard InChI is InChI=1S/C13H21ClN2O/c1-10(16(4)8-7-15(2)3)12-9-11(14)5-6-13(12)17/h5-6,9-10,17H,7-8H2,1-4H3. The lowest BCUT2D eigenvalue weighted by Gasteiger charge is -2.27. The number of likely N-dealkylation sites (N-methyl/N-ethyl adjacent to an activating group) is 2. The minimum absolute atomic E-state index is 0.147. The van der Waals surface area contributed by atoms with Gasteiger partial charge in [-0.2, -0.15) is 0 Å². The number of phenolic OH excluding ortho intramolecular Hbond substituents is 1. The Morgan fingerprint density at radius 3 is 2.47 bits per heavy atom. The van der Waals surface area contributed by atoms with Crippen LogP contribution in [-0.4, -0.2) is 49.1 Å². The van der Waals surface area contributed by atoms with Gasteiger partial charge in [0.2, 0.25) is 0 Å². The molecule has 0 amide bonds. The number of aromatic hydroxyl groups is 1. The molecule has 0 aliphatic heterocycles. The molecule has 1 aromatic carbocycles. The molecule has 0 saturated carbocycles. The lowest BCUT2D eigenvalue weighted by atomic mass is 10.1. The average Bonchev–Trinajstić information content (AvgIpc) is 2.28. The Morgan fingerprint density at radius 2 is 1.88 bits per heavy atom. The third-order valence-electron chi connectivity index (χ3n) is 3.00. The first-order valence-electron chi connectivity index (χ1n) is 5.75. The van der Waals surface area contributed by atoms with Gasteiger partial charge in [-0.05, 0) is 46.3 Å². The Balaban J connectivity index is 2.74. The second-order valence-electron chi connectivity index (χ2n) is 4.66. The molecule has 1 rings (SSSR count). The molecule has 0 heterocycles. The highest BCUT2D eigenvalue weighted by Crippen LogP contribution is 2.29. The topological polar surface area (TPSA) is 26.7 Å². The molecular formula is C13H21ClN2O. The van der Waals surface area contributed by atoms with E-state index in [2.05, 4.69) is 37.9 Å². The number of rotatable bonds is 5. The Morgan fingerprint density at radius 1 is 1.24 bits per heavy atom. The summed E-state index contributed by atoms with van der Waals surface area (Å²) in [6.45, 7) is 4.00. The largest absolute Gasteiger partial charge is 0.508 e. The van der Waals surface area contributed by atoms with Gasteiger partial charge in [-0.3, -0.25) is 4.90 Å². The van der Waals surface area contributed by atoms with Crippen LogP contribution in [0.3, 0.4) is 0 Å². The van der Waals surface area contributed by atoms with E-state index in [-0.39, 0.29) is 6.04 Å². The van der Waals surface area contributed by atoms with Crippen LogP contribution in [0, 0.1) is 0 Å². The summed E-state index contributed by atoms with van der Waals surface area (Å²) in [7, 11) is 6.15. The van der Waals surface area contributed by atoms with Crippen molar-refractivity contribution in [1.82, 2.24) is 9.80 Å². The van der Waals surface area contributed by atoms with E-state index in [9.17, 15) is 5.11 Å².